The molecule has 1 N–H and O–H groups in total. The summed E-state index contributed by atoms with van der Waals surface area (Å²) >= 11 is 0. The molecule has 3 heteroatoms. The van der Waals surface area contributed by atoms with Gasteiger partial charge in [-0.05, 0) is 39.2 Å². The Labute approximate surface area is 92.1 Å². The number of aliphatic hydroxyl groups excluding tert-OH is 1. The molecular formula is C12H22N2O. The number of aryl methyl sites for hydroxylation is 1. The average Bonchev–Trinajstić information content (AvgIpc) is 2.51. The standard InChI is InChI=1S/C12H22N2O/c1-6-11-8(3)13-14(9(11)4)10(5)12(15)7-2/h10,12,15H,6-7H2,1-5H3. The van der Waals surface area contributed by atoms with Crippen LogP contribution in [0.25, 0.3) is 0 Å². The summed E-state index contributed by atoms with van der Waals surface area (Å²) in [5, 5.41) is 14.3. The van der Waals surface area contributed by atoms with Gasteiger partial charge in [-0.2, -0.15) is 5.10 Å². The lowest BCUT2D eigenvalue weighted by atomic mass is 10.1. The zero-order chi connectivity index (χ0) is 11.6. The van der Waals surface area contributed by atoms with Crippen molar-refractivity contribution in [3.8, 4) is 0 Å². The van der Waals surface area contributed by atoms with Gasteiger partial charge in [-0.1, -0.05) is 13.8 Å². The third-order valence-corrected chi connectivity index (χ3v) is 3.19. The normalized spacial score (nSPS) is 15.3. The van der Waals surface area contributed by atoms with Crippen molar-refractivity contribution in [3.05, 3.63) is 17.0 Å². The largest absolute Gasteiger partial charge is 0.391 e. The summed E-state index contributed by atoms with van der Waals surface area (Å²) in [5.41, 5.74) is 3.59. The monoisotopic (exact) mass is 210 g/mol. The van der Waals surface area contributed by atoms with Gasteiger partial charge in [0.25, 0.3) is 0 Å². The fourth-order valence-electron chi connectivity index (χ4n) is 2.11. The van der Waals surface area contributed by atoms with Crippen LogP contribution >= 0.6 is 0 Å². The van der Waals surface area contributed by atoms with E-state index in [1.165, 1.54) is 11.3 Å². The summed E-state index contributed by atoms with van der Waals surface area (Å²) in [7, 11) is 0. The van der Waals surface area contributed by atoms with Crippen molar-refractivity contribution in [2.75, 3.05) is 0 Å². The molecule has 2 unspecified atom stereocenters. The van der Waals surface area contributed by atoms with Crippen LogP contribution in [-0.2, 0) is 6.42 Å². The molecule has 1 heterocycles. The molecule has 0 aliphatic heterocycles. The molecule has 15 heavy (non-hydrogen) atoms. The Kier molecular flexibility index (Phi) is 3.91. The van der Waals surface area contributed by atoms with Gasteiger partial charge in [0.1, 0.15) is 0 Å². The first-order valence-electron chi connectivity index (χ1n) is 5.75. The highest BCUT2D eigenvalue weighted by Crippen LogP contribution is 2.20. The van der Waals surface area contributed by atoms with Crippen LogP contribution in [0.5, 0.6) is 0 Å². The summed E-state index contributed by atoms with van der Waals surface area (Å²) in [6.45, 7) is 10.3. The molecule has 86 valence electrons. The van der Waals surface area contributed by atoms with E-state index in [0.29, 0.717) is 0 Å². The highest BCUT2D eigenvalue weighted by atomic mass is 16.3. The maximum atomic E-state index is 9.82. The number of aliphatic hydroxyl groups is 1. The van der Waals surface area contributed by atoms with Crippen LogP contribution < -0.4 is 0 Å². The first-order valence-corrected chi connectivity index (χ1v) is 5.75. The van der Waals surface area contributed by atoms with Gasteiger partial charge < -0.3 is 5.11 Å². The van der Waals surface area contributed by atoms with Crippen molar-refractivity contribution in [2.45, 2.75) is 59.6 Å². The smallest absolute Gasteiger partial charge is 0.0759 e. The van der Waals surface area contributed by atoms with Crippen LogP contribution in [0, 0.1) is 13.8 Å². The van der Waals surface area contributed by atoms with Crippen molar-refractivity contribution in [1.29, 1.82) is 0 Å². The minimum Gasteiger partial charge on any atom is -0.391 e. The Hall–Kier alpha value is -0.830. The molecular weight excluding hydrogens is 188 g/mol. The molecule has 0 fully saturated rings. The first kappa shape index (κ1) is 12.2. The van der Waals surface area contributed by atoms with E-state index in [9.17, 15) is 5.11 Å². The van der Waals surface area contributed by atoms with Crippen LogP contribution in [0.4, 0.5) is 0 Å². The third kappa shape index (κ3) is 2.23. The highest BCUT2D eigenvalue weighted by molar-refractivity contribution is 5.24. The van der Waals surface area contributed by atoms with E-state index in [1.54, 1.807) is 0 Å². The van der Waals surface area contributed by atoms with Crippen LogP contribution in [0.2, 0.25) is 0 Å². The van der Waals surface area contributed by atoms with Gasteiger partial charge in [0, 0.05) is 5.69 Å². The van der Waals surface area contributed by atoms with Crippen LogP contribution in [-0.4, -0.2) is 21.0 Å². The molecule has 0 aliphatic carbocycles. The van der Waals surface area contributed by atoms with E-state index in [-0.39, 0.29) is 12.1 Å². The summed E-state index contributed by atoms with van der Waals surface area (Å²) in [6.07, 6.45) is 1.46. The van der Waals surface area contributed by atoms with Gasteiger partial charge in [0.05, 0.1) is 17.8 Å². The minimum absolute atomic E-state index is 0.0639. The van der Waals surface area contributed by atoms with Crippen molar-refractivity contribution in [2.24, 2.45) is 0 Å². The summed E-state index contributed by atoms with van der Waals surface area (Å²) in [6, 6.07) is 0.0639. The fraction of sp³-hybridized carbons (Fsp3) is 0.750. The highest BCUT2D eigenvalue weighted by Gasteiger charge is 2.19. The molecule has 2 atom stereocenters. The zero-order valence-corrected chi connectivity index (χ0v) is 10.4. The molecule has 3 nitrogen and oxygen atoms in total. The van der Waals surface area contributed by atoms with E-state index in [0.717, 1.165) is 18.5 Å². The number of hydrogen-bond acceptors (Lipinski definition) is 2. The van der Waals surface area contributed by atoms with E-state index in [2.05, 4.69) is 18.9 Å². The van der Waals surface area contributed by atoms with Gasteiger partial charge >= 0.3 is 0 Å². The van der Waals surface area contributed by atoms with Gasteiger partial charge in [0.2, 0.25) is 0 Å². The maximum absolute atomic E-state index is 9.82. The number of rotatable bonds is 4. The number of aromatic nitrogens is 2. The predicted molar refractivity (Wildman–Crippen MR) is 62.1 cm³/mol. The molecule has 0 saturated carbocycles. The number of hydrogen-bond donors (Lipinski definition) is 1. The molecule has 0 aromatic carbocycles. The van der Waals surface area contributed by atoms with Crippen LogP contribution in [0.15, 0.2) is 0 Å². The SMILES string of the molecule is CCc1c(C)nn(C(C)C(O)CC)c1C. The predicted octanol–water partition coefficient (Wildman–Crippen LogP) is 2.39. The van der Waals surface area contributed by atoms with Crippen molar-refractivity contribution >= 4 is 0 Å². The molecule has 0 radical (unpaired) electrons. The van der Waals surface area contributed by atoms with E-state index < -0.39 is 0 Å². The lowest BCUT2D eigenvalue weighted by Gasteiger charge is -2.19. The quantitative estimate of drug-likeness (QED) is 0.828. The summed E-state index contributed by atoms with van der Waals surface area (Å²) in [4.78, 5) is 0. The van der Waals surface area contributed by atoms with E-state index >= 15 is 0 Å². The molecule has 0 spiro atoms. The van der Waals surface area contributed by atoms with Crippen LogP contribution in [0.3, 0.4) is 0 Å². The number of nitrogens with zero attached hydrogens (tertiary/aromatic N) is 2. The molecule has 0 bridgehead atoms. The Bertz CT molecular complexity index is 331. The lowest BCUT2D eigenvalue weighted by Crippen LogP contribution is -2.22. The van der Waals surface area contributed by atoms with E-state index in [1.807, 2.05) is 25.5 Å². The van der Waals surface area contributed by atoms with E-state index in [4.69, 9.17) is 0 Å². The van der Waals surface area contributed by atoms with Gasteiger partial charge in [-0.25, -0.2) is 0 Å². The Balaban J connectivity index is 3.05. The first-order chi connectivity index (χ1) is 7.02. The topological polar surface area (TPSA) is 38.0 Å². The lowest BCUT2D eigenvalue weighted by molar-refractivity contribution is 0.109. The van der Waals surface area contributed by atoms with Crippen molar-refractivity contribution < 1.29 is 5.11 Å². The Morgan fingerprint density at radius 1 is 1.33 bits per heavy atom. The molecule has 1 rings (SSSR count). The summed E-state index contributed by atoms with van der Waals surface area (Å²) < 4.78 is 1.96. The minimum atomic E-state index is -0.312. The second-order valence-corrected chi connectivity index (χ2v) is 4.16. The Morgan fingerprint density at radius 3 is 2.33 bits per heavy atom. The average molecular weight is 210 g/mol. The maximum Gasteiger partial charge on any atom is 0.0759 e. The third-order valence-electron chi connectivity index (χ3n) is 3.19. The van der Waals surface area contributed by atoms with Crippen molar-refractivity contribution in [3.63, 3.8) is 0 Å². The molecule has 1 aromatic heterocycles. The second-order valence-electron chi connectivity index (χ2n) is 4.16. The van der Waals surface area contributed by atoms with Gasteiger partial charge in [-0.15, -0.1) is 0 Å². The fourth-order valence-corrected chi connectivity index (χ4v) is 2.11. The summed E-state index contributed by atoms with van der Waals surface area (Å²) in [5.74, 6) is 0. The molecule has 0 amide bonds. The molecule has 1 aromatic rings. The Morgan fingerprint density at radius 2 is 1.93 bits per heavy atom. The molecule has 0 saturated heterocycles. The second kappa shape index (κ2) is 4.79. The van der Waals surface area contributed by atoms with Gasteiger partial charge in [-0.3, -0.25) is 4.68 Å². The zero-order valence-electron chi connectivity index (χ0n) is 10.4. The van der Waals surface area contributed by atoms with Gasteiger partial charge in [0.15, 0.2) is 0 Å². The molecule has 0 aliphatic rings. The van der Waals surface area contributed by atoms with Crippen LogP contribution in [0.1, 0.15) is 50.2 Å². The van der Waals surface area contributed by atoms with Crippen molar-refractivity contribution in [1.82, 2.24) is 9.78 Å².